The van der Waals surface area contributed by atoms with E-state index in [9.17, 15) is 0 Å². The van der Waals surface area contributed by atoms with Crippen molar-refractivity contribution in [2.45, 2.75) is 51.4 Å². The minimum atomic E-state index is 0.737. The zero-order chi connectivity index (χ0) is 9.52. The molecule has 1 rings (SSSR count). The lowest BCUT2D eigenvalue weighted by molar-refractivity contribution is 0.582. The van der Waals surface area contributed by atoms with Crippen LogP contribution in [0.3, 0.4) is 0 Å². The topological polar surface area (TPSA) is 26.0 Å². The summed E-state index contributed by atoms with van der Waals surface area (Å²) in [6.45, 7) is 0.737. The van der Waals surface area contributed by atoms with Crippen molar-refractivity contribution < 1.29 is 0 Å². The van der Waals surface area contributed by atoms with E-state index >= 15 is 0 Å². The Morgan fingerprint density at radius 3 is 2.08 bits per heavy atom. The molecule has 0 aromatic rings. The van der Waals surface area contributed by atoms with Crippen LogP contribution in [0, 0.1) is 0 Å². The predicted molar refractivity (Wildman–Crippen MR) is 61.9 cm³/mol. The molecular weight excluding hydrogens is 226 g/mol. The molecule has 2 N–H and O–H groups in total. The van der Waals surface area contributed by atoms with Crippen molar-refractivity contribution in [3.05, 3.63) is 10.1 Å². The standard InChI is InChI=1S/C11H20BrN/c12-11-8-6-4-2-1-3-5-7-10(11)9-13/h1-9,13H2/b11-10-. The Hall–Kier alpha value is 0.180. The van der Waals surface area contributed by atoms with Crippen molar-refractivity contribution in [1.29, 1.82) is 0 Å². The van der Waals surface area contributed by atoms with Crippen LogP contribution in [0.5, 0.6) is 0 Å². The molecule has 0 bridgehead atoms. The summed E-state index contributed by atoms with van der Waals surface area (Å²) in [5.41, 5.74) is 7.16. The Morgan fingerprint density at radius 1 is 0.923 bits per heavy atom. The predicted octanol–water partition coefficient (Wildman–Crippen LogP) is 3.73. The minimum absolute atomic E-state index is 0.737. The van der Waals surface area contributed by atoms with E-state index in [1.54, 1.807) is 0 Å². The van der Waals surface area contributed by atoms with E-state index in [4.69, 9.17) is 5.73 Å². The van der Waals surface area contributed by atoms with Crippen LogP contribution in [0.2, 0.25) is 0 Å². The zero-order valence-corrected chi connectivity index (χ0v) is 9.91. The molecule has 0 radical (unpaired) electrons. The SMILES string of the molecule is NC/C1=C(\Br)CCCCCCCC1. The van der Waals surface area contributed by atoms with Crippen LogP contribution in [-0.2, 0) is 0 Å². The summed E-state index contributed by atoms with van der Waals surface area (Å²) in [5.74, 6) is 0. The molecule has 1 aliphatic carbocycles. The van der Waals surface area contributed by atoms with Crippen molar-refractivity contribution >= 4 is 15.9 Å². The van der Waals surface area contributed by atoms with Crippen LogP contribution in [0.15, 0.2) is 10.1 Å². The van der Waals surface area contributed by atoms with Crippen LogP contribution in [-0.4, -0.2) is 6.54 Å². The average molecular weight is 246 g/mol. The van der Waals surface area contributed by atoms with Gasteiger partial charge in [-0.2, -0.15) is 0 Å². The Balaban J connectivity index is 2.50. The van der Waals surface area contributed by atoms with Gasteiger partial charge < -0.3 is 5.73 Å². The van der Waals surface area contributed by atoms with Gasteiger partial charge in [-0.15, -0.1) is 0 Å². The molecule has 76 valence electrons. The van der Waals surface area contributed by atoms with Crippen molar-refractivity contribution in [2.24, 2.45) is 5.73 Å². The largest absolute Gasteiger partial charge is 0.327 e. The first-order chi connectivity index (χ1) is 6.34. The highest BCUT2D eigenvalue weighted by atomic mass is 79.9. The maximum absolute atomic E-state index is 5.72. The van der Waals surface area contributed by atoms with E-state index in [1.165, 1.54) is 61.4 Å². The van der Waals surface area contributed by atoms with Gasteiger partial charge in [0.1, 0.15) is 0 Å². The van der Waals surface area contributed by atoms with Gasteiger partial charge in [-0.25, -0.2) is 0 Å². The highest BCUT2D eigenvalue weighted by Gasteiger charge is 2.04. The number of halogens is 1. The molecule has 1 aliphatic rings. The lowest BCUT2D eigenvalue weighted by Gasteiger charge is -2.11. The molecule has 0 fully saturated rings. The van der Waals surface area contributed by atoms with E-state index in [-0.39, 0.29) is 0 Å². The molecular formula is C11H20BrN. The molecule has 0 spiro atoms. The Kier molecular flexibility index (Phi) is 5.72. The first-order valence-corrected chi connectivity index (χ1v) is 6.20. The van der Waals surface area contributed by atoms with E-state index < -0.39 is 0 Å². The van der Waals surface area contributed by atoms with E-state index in [0.29, 0.717) is 0 Å². The van der Waals surface area contributed by atoms with E-state index in [2.05, 4.69) is 15.9 Å². The van der Waals surface area contributed by atoms with Crippen LogP contribution >= 0.6 is 15.9 Å². The third-order valence-corrected chi connectivity index (χ3v) is 3.71. The fourth-order valence-electron chi connectivity index (χ4n) is 1.85. The molecule has 0 saturated heterocycles. The summed E-state index contributed by atoms with van der Waals surface area (Å²) >= 11 is 3.66. The number of hydrogen-bond acceptors (Lipinski definition) is 1. The number of hydrogen-bond donors (Lipinski definition) is 1. The van der Waals surface area contributed by atoms with Gasteiger partial charge in [-0.3, -0.25) is 0 Å². The van der Waals surface area contributed by atoms with Crippen molar-refractivity contribution in [3.63, 3.8) is 0 Å². The molecule has 1 nitrogen and oxygen atoms in total. The molecule has 0 aromatic heterocycles. The van der Waals surface area contributed by atoms with Gasteiger partial charge in [0, 0.05) is 6.54 Å². The fraction of sp³-hybridized carbons (Fsp3) is 0.818. The molecule has 0 aliphatic heterocycles. The Labute approximate surface area is 89.9 Å². The summed E-state index contributed by atoms with van der Waals surface area (Å²) < 4.78 is 1.39. The van der Waals surface area contributed by atoms with Crippen molar-refractivity contribution in [2.75, 3.05) is 6.54 Å². The first kappa shape index (κ1) is 11.3. The van der Waals surface area contributed by atoms with Crippen molar-refractivity contribution in [3.8, 4) is 0 Å². The zero-order valence-electron chi connectivity index (χ0n) is 8.32. The van der Waals surface area contributed by atoms with Gasteiger partial charge in [-0.05, 0) is 35.7 Å². The maximum Gasteiger partial charge on any atom is 0.0147 e. The van der Waals surface area contributed by atoms with Crippen LogP contribution in [0.25, 0.3) is 0 Å². The Bertz CT molecular complexity index is 175. The monoisotopic (exact) mass is 245 g/mol. The summed E-state index contributed by atoms with van der Waals surface area (Å²) in [6, 6.07) is 0. The smallest absolute Gasteiger partial charge is 0.0147 e. The number of allylic oxidation sites excluding steroid dienone is 1. The van der Waals surface area contributed by atoms with Gasteiger partial charge >= 0.3 is 0 Å². The third-order valence-electron chi connectivity index (χ3n) is 2.75. The second-order valence-corrected chi connectivity index (χ2v) is 4.79. The van der Waals surface area contributed by atoms with Gasteiger partial charge in [-0.1, -0.05) is 41.6 Å². The van der Waals surface area contributed by atoms with Gasteiger partial charge in [0.25, 0.3) is 0 Å². The lowest BCUT2D eigenvalue weighted by Crippen LogP contribution is -2.05. The normalized spacial score (nSPS) is 27.2. The molecule has 0 amide bonds. The second kappa shape index (κ2) is 6.61. The molecule has 2 heteroatoms. The summed E-state index contributed by atoms with van der Waals surface area (Å²) in [7, 11) is 0. The van der Waals surface area contributed by atoms with Gasteiger partial charge in [0.05, 0.1) is 0 Å². The molecule has 0 atom stereocenters. The highest BCUT2D eigenvalue weighted by molar-refractivity contribution is 9.11. The maximum atomic E-state index is 5.72. The van der Waals surface area contributed by atoms with Crippen LogP contribution in [0.4, 0.5) is 0 Å². The summed E-state index contributed by atoms with van der Waals surface area (Å²) in [5, 5.41) is 0. The molecule has 0 saturated carbocycles. The number of rotatable bonds is 1. The molecule has 0 unspecified atom stereocenters. The molecule has 13 heavy (non-hydrogen) atoms. The summed E-state index contributed by atoms with van der Waals surface area (Å²) in [4.78, 5) is 0. The minimum Gasteiger partial charge on any atom is -0.327 e. The van der Waals surface area contributed by atoms with E-state index in [0.717, 1.165) is 6.54 Å². The van der Waals surface area contributed by atoms with Gasteiger partial charge in [0.2, 0.25) is 0 Å². The average Bonchev–Trinajstić information content (AvgIpc) is 2.16. The quantitative estimate of drug-likeness (QED) is 0.749. The summed E-state index contributed by atoms with van der Waals surface area (Å²) in [6.07, 6.45) is 10.6. The Morgan fingerprint density at radius 2 is 1.46 bits per heavy atom. The second-order valence-electron chi connectivity index (χ2n) is 3.83. The van der Waals surface area contributed by atoms with Gasteiger partial charge in [0.15, 0.2) is 0 Å². The molecule has 0 heterocycles. The molecule has 0 aromatic carbocycles. The van der Waals surface area contributed by atoms with Crippen LogP contribution < -0.4 is 5.73 Å². The lowest BCUT2D eigenvalue weighted by atomic mass is 10.0. The third kappa shape index (κ3) is 4.28. The highest BCUT2D eigenvalue weighted by Crippen LogP contribution is 2.25. The van der Waals surface area contributed by atoms with Crippen molar-refractivity contribution in [1.82, 2.24) is 0 Å². The first-order valence-electron chi connectivity index (χ1n) is 5.41. The van der Waals surface area contributed by atoms with E-state index in [1.807, 2.05) is 0 Å². The fourth-order valence-corrected chi connectivity index (χ4v) is 2.49. The van der Waals surface area contributed by atoms with Crippen LogP contribution in [0.1, 0.15) is 51.4 Å². The number of nitrogens with two attached hydrogens (primary N) is 1.